The van der Waals surface area contributed by atoms with Crippen molar-refractivity contribution in [1.29, 1.82) is 0 Å². The van der Waals surface area contributed by atoms with Gasteiger partial charge in [-0.2, -0.15) is 0 Å². The first-order chi connectivity index (χ1) is 19.7. The summed E-state index contributed by atoms with van der Waals surface area (Å²) in [6, 6.07) is 7.13. The predicted molar refractivity (Wildman–Crippen MR) is 158 cm³/mol. The summed E-state index contributed by atoms with van der Waals surface area (Å²) < 4.78 is 11.3. The van der Waals surface area contributed by atoms with Crippen molar-refractivity contribution in [2.45, 2.75) is 122 Å². The minimum absolute atomic E-state index is 0.151. The second-order valence-electron chi connectivity index (χ2n) is 13.7. The first kappa shape index (κ1) is 31.8. The molecule has 0 spiro atoms. The second-order valence-corrected chi connectivity index (χ2v) is 13.7. The van der Waals surface area contributed by atoms with Gasteiger partial charge in [-0.05, 0) is 92.2 Å². The van der Waals surface area contributed by atoms with Crippen LogP contribution in [0.15, 0.2) is 30.3 Å². The molecule has 0 aromatic heterocycles. The maximum absolute atomic E-state index is 14.1. The first-order valence-corrected chi connectivity index (χ1v) is 15.3. The fourth-order valence-electron chi connectivity index (χ4n) is 6.34. The summed E-state index contributed by atoms with van der Waals surface area (Å²) in [7, 11) is 0. The SMILES string of the molecule is CC(C)(C)NC(=O)C(C1CCCN1C(=O)OC(C)(C)C)N1CCC[C@H]1C(=O)N1CCC[C@H]1C(=O)OCc1ccccc1. The fraction of sp³-hybridized carbons (Fsp3) is 0.688. The zero-order valence-corrected chi connectivity index (χ0v) is 26.1. The summed E-state index contributed by atoms with van der Waals surface area (Å²) in [4.78, 5) is 59.7. The molecular formula is C32H48N4O6. The molecule has 0 aliphatic carbocycles. The molecule has 3 aliphatic rings. The number of nitrogens with zero attached hydrogens (tertiary/aromatic N) is 3. The van der Waals surface area contributed by atoms with Crippen LogP contribution in [-0.2, 0) is 30.5 Å². The van der Waals surface area contributed by atoms with Gasteiger partial charge in [-0.15, -0.1) is 0 Å². The van der Waals surface area contributed by atoms with Gasteiger partial charge < -0.3 is 24.6 Å². The molecule has 3 saturated heterocycles. The van der Waals surface area contributed by atoms with Gasteiger partial charge in [0.2, 0.25) is 11.8 Å². The zero-order chi connectivity index (χ0) is 30.7. The van der Waals surface area contributed by atoms with E-state index in [4.69, 9.17) is 9.47 Å². The molecule has 3 amide bonds. The smallest absolute Gasteiger partial charge is 0.410 e. The second kappa shape index (κ2) is 13.0. The Kier molecular flexibility index (Phi) is 9.85. The van der Waals surface area contributed by atoms with Crippen molar-refractivity contribution in [3.63, 3.8) is 0 Å². The Balaban J connectivity index is 1.54. The highest BCUT2D eigenvalue weighted by atomic mass is 16.6. The van der Waals surface area contributed by atoms with Gasteiger partial charge in [0.1, 0.15) is 24.3 Å². The topological polar surface area (TPSA) is 108 Å². The molecule has 0 saturated carbocycles. The maximum atomic E-state index is 14.1. The molecule has 232 valence electrons. The molecule has 10 nitrogen and oxygen atoms in total. The number of esters is 1. The van der Waals surface area contributed by atoms with Gasteiger partial charge in [0, 0.05) is 18.6 Å². The fourth-order valence-corrected chi connectivity index (χ4v) is 6.34. The van der Waals surface area contributed by atoms with Gasteiger partial charge in [-0.3, -0.25) is 14.5 Å². The van der Waals surface area contributed by atoms with E-state index in [2.05, 4.69) is 5.32 Å². The highest BCUT2D eigenvalue weighted by Gasteiger charge is 2.50. The van der Waals surface area contributed by atoms with Crippen molar-refractivity contribution < 1.29 is 28.7 Å². The Morgan fingerprint density at radius 1 is 0.857 bits per heavy atom. The Bertz CT molecular complexity index is 1130. The highest BCUT2D eigenvalue weighted by molar-refractivity contribution is 5.90. The summed E-state index contributed by atoms with van der Waals surface area (Å²) in [6.45, 7) is 12.9. The molecule has 42 heavy (non-hydrogen) atoms. The summed E-state index contributed by atoms with van der Waals surface area (Å²) in [5, 5.41) is 3.11. The van der Waals surface area contributed by atoms with Crippen LogP contribution in [0.5, 0.6) is 0 Å². The van der Waals surface area contributed by atoms with Crippen LogP contribution in [0.3, 0.4) is 0 Å². The summed E-state index contributed by atoms with van der Waals surface area (Å²) in [5.41, 5.74) is -0.270. The average Bonchev–Trinajstić information content (AvgIpc) is 3.67. The number of carbonyl (C=O) groups is 4. The van der Waals surface area contributed by atoms with Crippen molar-refractivity contribution >= 4 is 23.9 Å². The van der Waals surface area contributed by atoms with Crippen LogP contribution in [-0.4, -0.2) is 93.5 Å². The standard InChI is InChI=1S/C32H48N4O6/c1-31(2,3)33-27(37)26(23-15-10-20-36(23)30(40)42-32(4,5)6)34-18-11-16-24(34)28(38)35-19-12-17-25(35)29(39)41-21-22-13-8-7-9-14-22/h7-9,13-14,23-26H,10-12,15-21H2,1-6H3,(H,33,37)/t23?,24-,25-,26?/m0/s1. The third-order valence-corrected chi connectivity index (χ3v) is 8.03. The van der Waals surface area contributed by atoms with Crippen LogP contribution >= 0.6 is 0 Å². The number of nitrogens with one attached hydrogen (secondary N) is 1. The molecule has 3 fully saturated rings. The van der Waals surface area contributed by atoms with Crippen LogP contribution in [0.4, 0.5) is 4.79 Å². The lowest BCUT2D eigenvalue weighted by atomic mass is 9.99. The zero-order valence-electron chi connectivity index (χ0n) is 26.1. The Labute approximate surface area is 250 Å². The molecule has 0 bridgehead atoms. The van der Waals surface area contributed by atoms with Gasteiger partial charge in [0.15, 0.2) is 0 Å². The predicted octanol–water partition coefficient (Wildman–Crippen LogP) is 3.87. The molecule has 2 unspecified atom stereocenters. The minimum Gasteiger partial charge on any atom is -0.459 e. The van der Waals surface area contributed by atoms with E-state index in [1.165, 1.54) is 0 Å². The number of carbonyl (C=O) groups excluding carboxylic acids is 4. The van der Waals surface area contributed by atoms with Crippen molar-refractivity contribution in [2.24, 2.45) is 0 Å². The largest absolute Gasteiger partial charge is 0.459 e. The number of hydrogen-bond donors (Lipinski definition) is 1. The lowest BCUT2D eigenvalue weighted by molar-refractivity contribution is -0.156. The molecule has 1 N–H and O–H groups in total. The Morgan fingerprint density at radius 3 is 2.14 bits per heavy atom. The number of benzene rings is 1. The quantitative estimate of drug-likeness (QED) is 0.485. The van der Waals surface area contributed by atoms with E-state index in [0.29, 0.717) is 45.3 Å². The van der Waals surface area contributed by atoms with Gasteiger partial charge in [0.05, 0.1) is 12.1 Å². The van der Waals surface area contributed by atoms with Crippen molar-refractivity contribution in [2.75, 3.05) is 19.6 Å². The first-order valence-electron chi connectivity index (χ1n) is 15.3. The van der Waals surface area contributed by atoms with E-state index < -0.39 is 47.4 Å². The van der Waals surface area contributed by atoms with E-state index in [1.807, 2.05) is 76.8 Å². The minimum atomic E-state index is -0.721. The van der Waals surface area contributed by atoms with E-state index in [-0.39, 0.29) is 18.4 Å². The monoisotopic (exact) mass is 584 g/mol. The van der Waals surface area contributed by atoms with E-state index in [1.54, 1.807) is 9.80 Å². The van der Waals surface area contributed by atoms with Gasteiger partial charge >= 0.3 is 12.1 Å². The van der Waals surface area contributed by atoms with Crippen LogP contribution in [0.2, 0.25) is 0 Å². The summed E-state index contributed by atoms with van der Waals surface area (Å²) in [5.74, 6) is -0.756. The number of hydrogen-bond acceptors (Lipinski definition) is 7. The third-order valence-electron chi connectivity index (χ3n) is 8.03. The molecule has 0 radical (unpaired) electrons. The maximum Gasteiger partial charge on any atom is 0.410 e. The van der Waals surface area contributed by atoms with Crippen molar-refractivity contribution in [3.8, 4) is 0 Å². The number of likely N-dealkylation sites (tertiary alicyclic amines) is 3. The number of amides is 3. The third kappa shape index (κ3) is 7.82. The normalized spacial score (nSPS) is 24.0. The van der Waals surface area contributed by atoms with Crippen molar-refractivity contribution in [1.82, 2.24) is 20.0 Å². The molecule has 4 atom stereocenters. The lowest BCUT2D eigenvalue weighted by Gasteiger charge is -2.41. The lowest BCUT2D eigenvalue weighted by Crippen LogP contribution is -2.63. The van der Waals surface area contributed by atoms with Crippen LogP contribution in [0, 0.1) is 0 Å². The Hall–Kier alpha value is -3.14. The highest BCUT2D eigenvalue weighted by Crippen LogP contribution is 2.33. The van der Waals surface area contributed by atoms with Gasteiger partial charge in [-0.1, -0.05) is 30.3 Å². The molecule has 1 aromatic rings. The Morgan fingerprint density at radius 2 is 1.48 bits per heavy atom. The molecular weight excluding hydrogens is 536 g/mol. The van der Waals surface area contributed by atoms with E-state index in [0.717, 1.165) is 18.4 Å². The van der Waals surface area contributed by atoms with E-state index in [9.17, 15) is 19.2 Å². The molecule has 10 heteroatoms. The van der Waals surface area contributed by atoms with Crippen molar-refractivity contribution in [3.05, 3.63) is 35.9 Å². The van der Waals surface area contributed by atoms with Gasteiger partial charge in [-0.25, -0.2) is 9.59 Å². The van der Waals surface area contributed by atoms with Crippen LogP contribution in [0.1, 0.15) is 85.6 Å². The summed E-state index contributed by atoms with van der Waals surface area (Å²) >= 11 is 0. The van der Waals surface area contributed by atoms with Gasteiger partial charge in [0.25, 0.3) is 0 Å². The van der Waals surface area contributed by atoms with Crippen LogP contribution < -0.4 is 5.32 Å². The molecule has 1 aromatic carbocycles. The molecule has 3 heterocycles. The van der Waals surface area contributed by atoms with E-state index >= 15 is 0 Å². The van der Waals surface area contributed by atoms with Crippen LogP contribution in [0.25, 0.3) is 0 Å². The molecule has 3 aliphatic heterocycles. The molecule has 4 rings (SSSR count). The number of ether oxygens (including phenoxy) is 2. The average molecular weight is 585 g/mol. The number of rotatable bonds is 7. The summed E-state index contributed by atoms with van der Waals surface area (Å²) in [6.07, 6.45) is 3.53.